The third-order valence-electron chi connectivity index (χ3n) is 3.80. The minimum Gasteiger partial charge on any atom is -0.319 e. The Labute approximate surface area is 122 Å². The summed E-state index contributed by atoms with van der Waals surface area (Å²) in [6, 6.07) is 6.58. The molecular weight excluding hydrogens is 246 g/mol. The van der Waals surface area contributed by atoms with Gasteiger partial charge in [-0.1, -0.05) is 13.0 Å². The molecule has 1 aromatic heterocycles. The SMILES string of the molecule is CNCC(C)c1c(C)nn(-c2cc(C)cc(C)c2)c1C. The van der Waals surface area contributed by atoms with E-state index in [1.807, 2.05) is 7.05 Å². The van der Waals surface area contributed by atoms with E-state index in [1.54, 1.807) is 0 Å². The van der Waals surface area contributed by atoms with Gasteiger partial charge in [-0.2, -0.15) is 5.10 Å². The van der Waals surface area contributed by atoms with Gasteiger partial charge in [0.25, 0.3) is 0 Å². The molecule has 1 aromatic carbocycles. The van der Waals surface area contributed by atoms with Crippen LogP contribution in [0.25, 0.3) is 5.69 Å². The third-order valence-corrected chi connectivity index (χ3v) is 3.80. The zero-order chi connectivity index (χ0) is 14.9. The minimum atomic E-state index is 0.472. The fourth-order valence-electron chi connectivity index (χ4n) is 3.10. The molecular formula is C17H25N3. The average Bonchev–Trinajstić information content (AvgIpc) is 2.64. The van der Waals surface area contributed by atoms with Crippen molar-refractivity contribution >= 4 is 0 Å². The highest BCUT2D eigenvalue weighted by molar-refractivity contribution is 5.42. The standard InChI is InChI=1S/C17H25N3/c1-11-7-12(2)9-16(8-11)20-15(5)17(14(4)19-20)13(3)10-18-6/h7-9,13,18H,10H2,1-6H3. The zero-order valence-electron chi connectivity index (χ0n) is 13.4. The van der Waals surface area contributed by atoms with Crippen molar-refractivity contribution in [2.24, 2.45) is 0 Å². The van der Waals surface area contributed by atoms with Gasteiger partial charge >= 0.3 is 0 Å². The van der Waals surface area contributed by atoms with E-state index in [-0.39, 0.29) is 0 Å². The molecule has 2 aromatic rings. The van der Waals surface area contributed by atoms with Crippen molar-refractivity contribution in [3.05, 3.63) is 46.3 Å². The molecule has 1 unspecified atom stereocenters. The van der Waals surface area contributed by atoms with Gasteiger partial charge in [0.05, 0.1) is 11.4 Å². The van der Waals surface area contributed by atoms with E-state index in [4.69, 9.17) is 5.10 Å². The van der Waals surface area contributed by atoms with Gasteiger partial charge in [-0.05, 0) is 63.9 Å². The fraction of sp³-hybridized carbons (Fsp3) is 0.471. The minimum absolute atomic E-state index is 0.472. The van der Waals surface area contributed by atoms with Gasteiger partial charge in [0.1, 0.15) is 0 Å². The van der Waals surface area contributed by atoms with Crippen molar-refractivity contribution in [3.63, 3.8) is 0 Å². The first-order chi connectivity index (χ1) is 9.43. The molecule has 0 radical (unpaired) electrons. The summed E-state index contributed by atoms with van der Waals surface area (Å²) in [6.45, 7) is 11.8. The van der Waals surface area contributed by atoms with Crippen LogP contribution in [0.15, 0.2) is 18.2 Å². The highest BCUT2D eigenvalue weighted by Crippen LogP contribution is 2.25. The molecule has 0 amide bonds. The second kappa shape index (κ2) is 5.80. The van der Waals surface area contributed by atoms with E-state index >= 15 is 0 Å². The molecule has 0 spiro atoms. The lowest BCUT2D eigenvalue weighted by molar-refractivity contribution is 0.670. The summed E-state index contributed by atoms with van der Waals surface area (Å²) in [7, 11) is 2.00. The Balaban J connectivity index is 2.51. The maximum atomic E-state index is 4.75. The Morgan fingerprint density at radius 2 is 1.70 bits per heavy atom. The molecule has 20 heavy (non-hydrogen) atoms. The van der Waals surface area contributed by atoms with E-state index in [0.717, 1.165) is 17.9 Å². The quantitative estimate of drug-likeness (QED) is 0.923. The van der Waals surface area contributed by atoms with E-state index in [2.05, 4.69) is 62.8 Å². The van der Waals surface area contributed by atoms with Gasteiger partial charge in [-0.15, -0.1) is 0 Å². The molecule has 3 nitrogen and oxygen atoms in total. The summed E-state index contributed by atoms with van der Waals surface area (Å²) in [6.07, 6.45) is 0. The molecule has 1 N–H and O–H groups in total. The average molecular weight is 271 g/mol. The molecule has 1 heterocycles. The molecule has 0 bridgehead atoms. The van der Waals surface area contributed by atoms with Crippen LogP contribution in [-0.4, -0.2) is 23.4 Å². The molecule has 1 atom stereocenters. The molecule has 108 valence electrons. The smallest absolute Gasteiger partial charge is 0.0654 e. The first kappa shape index (κ1) is 14.8. The summed E-state index contributed by atoms with van der Waals surface area (Å²) >= 11 is 0. The predicted molar refractivity (Wildman–Crippen MR) is 84.9 cm³/mol. The maximum Gasteiger partial charge on any atom is 0.0654 e. The molecule has 0 aliphatic heterocycles. The molecule has 0 aliphatic rings. The van der Waals surface area contributed by atoms with Gasteiger partial charge in [0.2, 0.25) is 0 Å². The van der Waals surface area contributed by atoms with Crippen LogP contribution in [0.4, 0.5) is 0 Å². The van der Waals surface area contributed by atoms with E-state index < -0.39 is 0 Å². The molecule has 0 saturated heterocycles. The molecule has 2 rings (SSSR count). The number of aryl methyl sites for hydroxylation is 3. The van der Waals surface area contributed by atoms with Gasteiger partial charge in [-0.25, -0.2) is 4.68 Å². The Morgan fingerprint density at radius 1 is 1.10 bits per heavy atom. The summed E-state index contributed by atoms with van der Waals surface area (Å²) in [5, 5.41) is 8.01. The Hall–Kier alpha value is -1.61. The maximum absolute atomic E-state index is 4.75. The number of nitrogens with zero attached hydrogens (tertiary/aromatic N) is 2. The van der Waals surface area contributed by atoms with Crippen LogP contribution in [0.2, 0.25) is 0 Å². The van der Waals surface area contributed by atoms with Gasteiger partial charge in [-0.3, -0.25) is 0 Å². The summed E-state index contributed by atoms with van der Waals surface area (Å²) in [5.41, 5.74) is 7.44. The number of rotatable bonds is 4. The number of nitrogens with one attached hydrogen (secondary N) is 1. The lowest BCUT2D eigenvalue weighted by atomic mass is 9.99. The van der Waals surface area contributed by atoms with Crippen molar-refractivity contribution in [1.29, 1.82) is 0 Å². The normalized spacial score (nSPS) is 12.7. The first-order valence-electron chi connectivity index (χ1n) is 7.23. The topological polar surface area (TPSA) is 29.9 Å². The lowest BCUT2D eigenvalue weighted by Crippen LogP contribution is -2.15. The van der Waals surface area contributed by atoms with Crippen LogP contribution in [-0.2, 0) is 0 Å². The highest BCUT2D eigenvalue weighted by Gasteiger charge is 2.17. The molecule has 0 aliphatic carbocycles. The van der Waals surface area contributed by atoms with E-state index in [0.29, 0.717) is 5.92 Å². The summed E-state index contributed by atoms with van der Waals surface area (Å²) in [5.74, 6) is 0.472. The molecule has 3 heteroatoms. The van der Waals surface area contributed by atoms with E-state index in [1.165, 1.54) is 22.4 Å². The number of hydrogen-bond acceptors (Lipinski definition) is 2. The Morgan fingerprint density at radius 3 is 2.25 bits per heavy atom. The number of hydrogen-bond donors (Lipinski definition) is 1. The van der Waals surface area contributed by atoms with Crippen LogP contribution in [0, 0.1) is 27.7 Å². The monoisotopic (exact) mass is 271 g/mol. The largest absolute Gasteiger partial charge is 0.319 e. The summed E-state index contributed by atoms with van der Waals surface area (Å²) < 4.78 is 2.08. The number of benzene rings is 1. The molecule has 0 fully saturated rings. The fourth-order valence-corrected chi connectivity index (χ4v) is 3.10. The lowest BCUT2D eigenvalue weighted by Gasteiger charge is -2.12. The van der Waals surface area contributed by atoms with Crippen molar-refractivity contribution in [3.8, 4) is 5.69 Å². The predicted octanol–water partition coefficient (Wildman–Crippen LogP) is 3.43. The van der Waals surface area contributed by atoms with E-state index in [9.17, 15) is 0 Å². The van der Waals surface area contributed by atoms with Crippen molar-refractivity contribution in [1.82, 2.24) is 15.1 Å². The van der Waals surface area contributed by atoms with Gasteiger partial charge in [0.15, 0.2) is 0 Å². The second-order valence-electron chi connectivity index (χ2n) is 5.80. The third kappa shape index (κ3) is 2.78. The second-order valence-corrected chi connectivity index (χ2v) is 5.80. The zero-order valence-corrected chi connectivity index (χ0v) is 13.4. The van der Waals surface area contributed by atoms with Crippen LogP contribution in [0.1, 0.15) is 40.9 Å². The highest BCUT2D eigenvalue weighted by atomic mass is 15.3. The van der Waals surface area contributed by atoms with Crippen LogP contribution in [0.5, 0.6) is 0 Å². The van der Waals surface area contributed by atoms with Crippen LogP contribution in [0.3, 0.4) is 0 Å². The van der Waals surface area contributed by atoms with Gasteiger partial charge in [0, 0.05) is 17.8 Å². The van der Waals surface area contributed by atoms with Gasteiger partial charge < -0.3 is 5.32 Å². The van der Waals surface area contributed by atoms with Crippen LogP contribution < -0.4 is 5.32 Å². The number of aromatic nitrogens is 2. The summed E-state index contributed by atoms with van der Waals surface area (Å²) in [4.78, 5) is 0. The number of likely N-dealkylation sites (N-methyl/N-ethyl adjacent to an activating group) is 1. The van der Waals surface area contributed by atoms with Crippen LogP contribution >= 0.6 is 0 Å². The Kier molecular flexibility index (Phi) is 4.29. The van der Waals surface area contributed by atoms with Crippen molar-refractivity contribution in [2.45, 2.75) is 40.5 Å². The van der Waals surface area contributed by atoms with Crippen molar-refractivity contribution in [2.75, 3.05) is 13.6 Å². The molecule has 0 saturated carbocycles. The first-order valence-corrected chi connectivity index (χ1v) is 7.23. The Bertz CT molecular complexity index is 591. The van der Waals surface area contributed by atoms with Crippen molar-refractivity contribution < 1.29 is 0 Å².